The fourth-order valence-corrected chi connectivity index (χ4v) is 3.34. The van der Waals surface area contributed by atoms with Gasteiger partial charge in [-0.05, 0) is 49.5 Å². The normalized spacial score (nSPS) is 15.3. The summed E-state index contributed by atoms with van der Waals surface area (Å²) in [6.45, 7) is 0.408. The number of hydrogen-bond donors (Lipinski definition) is 8. The maximum Gasteiger partial charge on any atom is 0.326 e. The molecule has 12 nitrogen and oxygen atoms in total. The molecular weight excluding hydrogens is 468 g/mol. The smallest absolute Gasteiger partial charge is 0.326 e. The van der Waals surface area contributed by atoms with Crippen LogP contribution < -0.4 is 21.7 Å². The number of hydrogen-bond acceptors (Lipinski definition) is 9. The Morgan fingerprint density at radius 1 is 1.00 bits per heavy atom. The number of benzene rings is 1. The molecule has 1 rings (SSSR count). The lowest BCUT2D eigenvalue weighted by Crippen LogP contribution is -2.60. The van der Waals surface area contributed by atoms with Crippen LogP contribution in [0.5, 0.6) is 5.75 Å². The van der Waals surface area contributed by atoms with Crippen LogP contribution in [0.4, 0.5) is 0 Å². The lowest BCUT2D eigenvalue weighted by atomic mass is 10.1. The van der Waals surface area contributed by atoms with Crippen molar-refractivity contribution in [3.05, 3.63) is 29.8 Å². The molecule has 0 aromatic heterocycles. The number of nitrogens with two attached hydrogens (primary N) is 1. The van der Waals surface area contributed by atoms with Crippen molar-refractivity contribution < 1.29 is 39.6 Å². The number of aliphatic hydroxyl groups excluding tert-OH is 2. The van der Waals surface area contributed by atoms with Gasteiger partial charge in [-0.3, -0.25) is 14.4 Å². The number of phenols is 1. The van der Waals surface area contributed by atoms with Gasteiger partial charge in [0, 0.05) is 0 Å². The molecule has 13 heteroatoms. The number of aliphatic hydroxyl groups is 2. The first-order chi connectivity index (χ1) is 16.0. The van der Waals surface area contributed by atoms with Crippen LogP contribution in [0.2, 0.25) is 0 Å². The minimum Gasteiger partial charge on any atom is -0.508 e. The van der Waals surface area contributed by atoms with Gasteiger partial charge in [0.15, 0.2) is 0 Å². The van der Waals surface area contributed by atoms with Crippen LogP contribution in [0.3, 0.4) is 0 Å². The molecule has 1 aromatic carbocycles. The predicted molar refractivity (Wildman–Crippen MR) is 125 cm³/mol. The second-order valence-electron chi connectivity index (χ2n) is 7.63. The number of rotatable bonds is 14. The van der Waals surface area contributed by atoms with Crippen LogP contribution in [-0.4, -0.2) is 93.0 Å². The number of carbonyl (C=O) groups excluding carboxylic acids is 3. The minimum atomic E-state index is -1.53. The first kappa shape index (κ1) is 29.2. The molecule has 0 bridgehead atoms. The Hall–Kier alpha value is -2.87. The van der Waals surface area contributed by atoms with Gasteiger partial charge in [-0.2, -0.15) is 11.8 Å². The van der Waals surface area contributed by atoms with Crippen LogP contribution in [-0.2, 0) is 25.6 Å². The largest absolute Gasteiger partial charge is 0.508 e. The topological polar surface area (TPSA) is 211 Å². The van der Waals surface area contributed by atoms with Crippen molar-refractivity contribution in [2.45, 2.75) is 50.0 Å². The zero-order chi connectivity index (χ0) is 25.8. The highest BCUT2D eigenvalue weighted by atomic mass is 32.2. The van der Waals surface area contributed by atoms with Crippen molar-refractivity contribution in [1.29, 1.82) is 0 Å². The number of phenolic OH excluding ortho intramolecular Hbond substituents is 1. The Morgan fingerprint density at radius 2 is 1.59 bits per heavy atom. The number of amides is 3. The number of carbonyl (C=O) groups is 4. The monoisotopic (exact) mass is 500 g/mol. The van der Waals surface area contributed by atoms with Gasteiger partial charge in [0.25, 0.3) is 0 Å². The van der Waals surface area contributed by atoms with E-state index in [-0.39, 0.29) is 18.6 Å². The maximum atomic E-state index is 12.6. The highest BCUT2D eigenvalue weighted by molar-refractivity contribution is 7.98. The molecule has 0 radical (unpaired) electrons. The van der Waals surface area contributed by atoms with Crippen LogP contribution in [0.1, 0.15) is 18.9 Å². The van der Waals surface area contributed by atoms with E-state index in [9.17, 15) is 39.6 Å². The standard InChI is InChI=1S/C21H32N4O8S/c1-11(27)17(20(31)23-15(21(32)33)7-8-34-2)25-19(30)16(10-26)24-18(29)14(22)9-12-3-5-13(28)6-4-12/h3-6,11,14-17,26-28H,7-10,22H2,1-2H3,(H,23,31)(H,24,29)(H,25,30)(H,32,33). The molecule has 9 N–H and O–H groups in total. The summed E-state index contributed by atoms with van der Waals surface area (Å²) in [4.78, 5) is 48.9. The van der Waals surface area contributed by atoms with Gasteiger partial charge in [-0.25, -0.2) is 4.79 Å². The molecule has 0 spiro atoms. The fraction of sp³-hybridized carbons (Fsp3) is 0.524. The molecule has 1 aromatic rings. The molecule has 5 atom stereocenters. The zero-order valence-corrected chi connectivity index (χ0v) is 19.7. The minimum absolute atomic E-state index is 0.0504. The van der Waals surface area contributed by atoms with Crippen molar-refractivity contribution in [3.8, 4) is 5.75 Å². The molecule has 34 heavy (non-hydrogen) atoms. The second-order valence-corrected chi connectivity index (χ2v) is 8.61. The zero-order valence-electron chi connectivity index (χ0n) is 18.9. The number of thioether (sulfide) groups is 1. The molecule has 0 aliphatic carbocycles. The van der Waals surface area contributed by atoms with E-state index in [2.05, 4.69) is 16.0 Å². The van der Waals surface area contributed by atoms with Crippen LogP contribution in [0.15, 0.2) is 24.3 Å². The van der Waals surface area contributed by atoms with E-state index in [1.54, 1.807) is 18.4 Å². The third kappa shape index (κ3) is 9.55. The SMILES string of the molecule is CSCCC(NC(=O)C(NC(=O)C(CO)NC(=O)C(N)Cc1ccc(O)cc1)C(C)O)C(=O)O. The summed E-state index contributed by atoms with van der Waals surface area (Å²) >= 11 is 1.39. The van der Waals surface area contributed by atoms with E-state index in [0.717, 1.165) is 0 Å². The highest BCUT2D eigenvalue weighted by Crippen LogP contribution is 2.11. The Bertz CT molecular complexity index is 837. The quantitative estimate of drug-likeness (QED) is 0.140. The average Bonchev–Trinajstić information content (AvgIpc) is 2.78. The van der Waals surface area contributed by atoms with Crippen LogP contribution in [0.25, 0.3) is 0 Å². The Morgan fingerprint density at radius 3 is 2.09 bits per heavy atom. The van der Waals surface area contributed by atoms with Gasteiger partial charge in [0.1, 0.15) is 23.9 Å². The third-order valence-corrected chi connectivity index (χ3v) is 5.48. The summed E-state index contributed by atoms with van der Waals surface area (Å²) in [6, 6.07) is 0.726. The van der Waals surface area contributed by atoms with Crippen molar-refractivity contribution >= 4 is 35.5 Å². The fourth-order valence-electron chi connectivity index (χ4n) is 2.87. The Balaban J connectivity index is 2.78. The lowest BCUT2D eigenvalue weighted by Gasteiger charge is -2.26. The van der Waals surface area contributed by atoms with Gasteiger partial charge in [0.2, 0.25) is 17.7 Å². The molecule has 5 unspecified atom stereocenters. The first-order valence-electron chi connectivity index (χ1n) is 10.4. The molecule has 190 valence electrons. The summed E-state index contributed by atoms with van der Waals surface area (Å²) < 4.78 is 0. The molecular formula is C21H32N4O8S. The predicted octanol–water partition coefficient (Wildman–Crippen LogP) is -2.07. The van der Waals surface area contributed by atoms with Gasteiger partial charge >= 0.3 is 5.97 Å². The molecule has 0 aliphatic rings. The van der Waals surface area contributed by atoms with Gasteiger partial charge in [-0.15, -0.1) is 0 Å². The van der Waals surface area contributed by atoms with E-state index in [4.69, 9.17) is 5.73 Å². The number of aromatic hydroxyl groups is 1. The van der Waals surface area contributed by atoms with Gasteiger partial charge in [0.05, 0.1) is 18.8 Å². The summed E-state index contributed by atoms with van der Waals surface area (Å²) in [7, 11) is 0. The summed E-state index contributed by atoms with van der Waals surface area (Å²) in [5.74, 6) is -3.39. The van der Waals surface area contributed by atoms with Crippen molar-refractivity contribution in [2.24, 2.45) is 5.73 Å². The number of carboxylic acid groups (broad SMARTS) is 1. The van der Waals surface area contributed by atoms with Crippen molar-refractivity contribution in [2.75, 3.05) is 18.6 Å². The lowest BCUT2D eigenvalue weighted by molar-refractivity contribution is -0.143. The maximum absolute atomic E-state index is 12.6. The highest BCUT2D eigenvalue weighted by Gasteiger charge is 2.32. The van der Waals surface area contributed by atoms with Crippen LogP contribution in [0, 0.1) is 0 Å². The Labute approximate surface area is 201 Å². The van der Waals surface area contributed by atoms with E-state index < -0.39 is 60.6 Å². The third-order valence-electron chi connectivity index (χ3n) is 4.83. The molecule has 0 heterocycles. The second kappa shape index (κ2) is 14.4. The van der Waals surface area contributed by atoms with E-state index in [1.165, 1.54) is 30.8 Å². The molecule has 0 saturated carbocycles. The van der Waals surface area contributed by atoms with E-state index >= 15 is 0 Å². The number of carboxylic acids is 1. The molecule has 3 amide bonds. The van der Waals surface area contributed by atoms with E-state index in [1.807, 2.05) is 0 Å². The first-order valence-corrected chi connectivity index (χ1v) is 11.8. The van der Waals surface area contributed by atoms with Gasteiger partial charge < -0.3 is 42.1 Å². The van der Waals surface area contributed by atoms with Gasteiger partial charge in [-0.1, -0.05) is 12.1 Å². The summed E-state index contributed by atoms with van der Waals surface area (Å²) in [5, 5.41) is 44.9. The number of nitrogens with one attached hydrogen (secondary N) is 3. The Kier molecular flexibility index (Phi) is 12.4. The van der Waals surface area contributed by atoms with Crippen molar-refractivity contribution in [3.63, 3.8) is 0 Å². The van der Waals surface area contributed by atoms with E-state index in [0.29, 0.717) is 11.3 Å². The average molecular weight is 501 g/mol. The molecule has 0 saturated heterocycles. The summed E-state index contributed by atoms with van der Waals surface area (Å²) in [6.07, 6.45) is 0.610. The summed E-state index contributed by atoms with van der Waals surface area (Å²) in [5.41, 5.74) is 6.52. The van der Waals surface area contributed by atoms with Crippen molar-refractivity contribution in [1.82, 2.24) is 16.0 Å². The molecule has 0 fully saturated rings. The molecule has 0 aliphatic heterocycles. The number of aliphatic carboxylic acids is 1. The van der Waals surface area contributed by atoms with Crippen LogP contribution >= 0.6 is 11.8 Å².